The molecule has 1 atom stereocenters. The number of anilines is 1. The minimum atomic E-state index is -1.04. The van der Waals surface area contributed by atoms with Gasteiger partial charge in [-0.15, -0.1) is 0 Å². The number of aliphatic hydroxyl groups is 1. The number of aliphatic hydroxyl groups excluding tert-OH is 1. The Kier molecular flexibility index (Phi) is 6.22. The van der Waals surface area contributed by atoms with Gasteiger partial charge in [0.1, 0.15) is 0 Å². The zero-order valence-electron chi connectivity index (χ0n) is 14.3. The van der Waals surface area contributed by atoms with Crippen molar-refractivity contribution in [3.05, 3.63) is 66.5 Å². The summed E-state index contributed by atoms with van der Waals surface area (Å²) in [6.07, 6.45) is 8.59. The molecular weight excluding hydrogens is 350 g/mol. The first-order chi connectivity index (χ1) is 12.7. The Labute approximate surface area is 158 Å². The molecule has 0 amide bonds. The molecule has 26 heavy (non-hydrogen) atoms. The van der Waals surface area contributed by atoms with E-state index < -0.39 is 5.91 Å². The van der Waals surface area contributed by atoms with Crippen LogP contribution in [0.2, 0.25) is 0 Å². The van der Waals surface area contributed by atoms with Gasteiger partial charge in [0.2, 0.25) is 0 Å². The maximum Gasteiger partial charge on any atom is 0.282 e. The number of aliphatic imine (C=N–C) groups is 1. The summed E-state index contributed by atoms with van der Waals surface area (Å²) in [6, 6.07) is 13.6. The molecule has 1 aromatic heterocycles. The molecular formula is C19H22ClN5O. The molecule has 0 saturated carbocycles. The highest BCUT2D eigenvalue weighted by atomic mass is 35.5. The predicted molar refractivity (Wildman–Crippen MR) is 106 cm³/mol. The summed E-state index contributed by atoms with van der Waals surface area (Å²) >= 11 is 6.76. The van der Waals surface area contributed by atoms with Crippen LogP contribution in [-0.4, -0.2) is 39.8 Å². The molecule has 0 fully saturated rings. The van der Waals surface area contributed by atoms with Gasteiger partial charge in [0.15, 0.2) is 0 Å². The number of benzene rings is 1. The van der Waals surface area contributed by atoms with E-state index in [0.29, 0.717) is 13.0 Å². The van der Waals surface area contributed by atoms with Crippen LogP contribution in [-0.2, 0) is 0 Å². The van der Waals surface area contributed by atoms with E-state index in [1.54, 1.807) is 23.0 Å². The Bertz CT molecular complexity index is 753. The molecule has 2 heterocycles. The first-order valence-corrected chi connectivity index (χ1v) is 8.90. The maximum absolute atomic E-state index is 9.02. The van der Waals surface area contributed by atoms with Crippen molar-refractivity contribution in [3.8, 4) is 0 Å². The Balaban J connectivity index is 1.87. The Hall–Kier alpha value is -2.41. The zero-order chi connectivity index (χ0) is 18.2. The second-order valence-corrected chi connectivity index (χ2v) is 6.21. The number of allylic oxidation sites excluding steroid dienone is 1. The average Bonchev–Trinajstić information content (AvgIpc) is 2.69. The Morgan fingerprint density at radius 2 is 1.85 bits per heavy atom. The van der Waals surface area contributed by atoms with E-state index in [2.05, 4.69) is 20.6 Å². The predicted octanol–water partition coefficient (Wildman–Crippen LogP) is 3.05. The van der Waals surface area contributed by atoms with Crippen molar-refractivity contribution in [2.24, 2.45) is 4.99 Å². The first kappa shape index (κ1) is 18.4. The maximum atomic E-state index is 9.02. The number of unbranched alkanes of at least 4 members (excludes halogenated alkanes) is 1. The van der Waals surface area contributed by atoms with Crippen LogP contribution in [0.15, 0.2) is 65.9 Å². The standard InChI is InChI=1S/C19H22ClN5O/c20-25-18(16-8-12-21-13-9-16)10-14-23-19(25,22-11-4-5-15-26)24-17-6-2-1-3-7-17/h1-3,6-10,12-14,22,24,26H,4-5,11,15H2. The molecule has 0 aliphatic carbocycles. The van der Waals surface area contributed by atoms with Crippen LogP contribution in [0.3, 0.4) is 0 Å². The third kappa shape index (κ3) is 4.22. The summed E-state index contributed by atoms with van der Waals surface area (Å²) in [4.78, 5) is 8.66. The van der Waals surface area contributed by atoms with E-state index in [-0.39, 0.29) is 6.61 Å². The van der Waals surface area contributed by atoms with Crippen LogP contribution in [0, 0.1) is 0 Å². The van der Waals surface area contributed by atoms with Gasteiger partial charge in [-0.25, -0.2) is 9.41 Å². The molecule has 0 radical (unpaired) electrons. The van der Waals surface area contributed by atoms with Crippen molar-refractivity contribution < 1.29 is 5.11 Å². The number of aromatic nitrogens is 1. The van der Waals surface area contributed by atoms with Crippen molar-refractivity contribution >= 4 is 29.4 Å². The number of hydrogen-bond acceptors (Lipinski definition) is 6. The van der Waals surface area contributed by atoms with Crippen LogP contribution in [0.4, 0.5) is 5.69 Å². The fourth-order valence-electron chi connectivity index (χ4n) is 2.70. The van der Waals surface area contributed by atoms with Crippen LogP contribution in [0.1, 0.15) is 18.4 Å². The van der Waals surface area contributed by atoms with E-state index in [4.69, 9.17) is 16.9 Å². The highest BCUT2D eigenvalue weighted by Gasteiger charge is 2.38. The topological polar surface area (TPSA) is 72.8 Å². The first-order valence-electron chi connectivity index (χ1n) is 8.56. The van der Waals surface area contributed by atoms with Crippen LogP contribution < -0.4 is 10.6 Å². The van der Waals surface area contributed by atoms with Gasteiger partial charge in [0.05, 0.1) is 5.70 Å². The number of rotatable bonds is 8. The molecule has 7 heteroatoms. The zero-order valence-corrected chi connectivity index (χ0v) is 15.1. The van der Waals surface area contributed by atoms with Gasteiger partial charge in [-0.2, -0.15) is 0 Å². The molecule has 1 aliphatic rings. The van der Waals surface area contributed by atoms with Gasteiger partial charge < -0.3 is 10.4 Å². The average molecular weight is 372 g/mol. The Morgan fingerprint density at radius 1 is 1.08 bits per heavy atom. The molecule has 1 unspecified atom stereocenters. The number of pyridine rings is 1. The molecule has 3 rings (SSSR count). The molecule has 0 bridgehead atoms. The van der Waals surface area contributed by atoms with E-state index >= 15 is 0 Å². The number of halogens is 1. The summed E-state index contributed by atoms with van der Waals surface area (Å²) < 4.78 is 1.56. The molecule has 1 aromatic carbocycles. The van der Waals surface area contributed by atoms with E-state index in [9.17, 15) is 0 Å². The summed E-state index contributed by atoms with van der Waals surface area (Å²) in [5.74, 6) is -1.04. The highest BCUT2D eigenvalue weighted by Crippen LogP contribution is 2.32. The lowest BCUT2D eigenvalue weighted by atomic mass is 10.1. The minimum absolute atomic E-state index is 0.164. The summed E-state index contributed by atoms with van der Waals surface area (Å²) in [5.41, 5.74) is 2.64. The van der Waals surface area contributed by atoms with Crippen molar-refractivity contribution in [3.63, 3.8) is 0 Å². The van der Waals surface area contributed by atoms with Crippen molar-refractivity contribution in [2.45, 2.75) is 18.8 Å². The molecule has 6 nitrogen and oxygen atoms in total. The van der Waals surface area contributed by atoms with Gasteiger partial charge in [0.25, 0.3) is 5.91 Å². The fraction of sp³-hybridized carbons (Fsp3) is 0.263. The largest absolute Gasteiger partial charge is 0.396 e. The van der Waals surface area contributed by atoms with E-state index in [1.165, 1.54) is 0 Å². The van der Waals surface area contributed by atoms with E-state index in [0.717, 1.165) is 23.4 Å². The van der Waals surface area contributed by atoms with Gasteiger partial charge in [-0.1, -0.05) is 18.2 Å². The van der Waals surface area contributed by atoms with Crippen LogP contribution in [0.25, 0.3) is 5.70 Å². The van der Waals surface area contributed by atoms with Crippen molar-refractivity contribution in [1.29, 1.82) is 0 Å². The molecule has 0 saturated heterocycles. The highest BCUT2D eigenvalue weighted by molar-refractivity contribution is 6.19. The van der Waals surface area contributed by atoms with Gasteiger partial charge in [-0.3, -0.25) is 10.3 Å². The molecule has 136 valence electrons. The van der Waals surface area contributed by atoms with Gasteiger partial charge >= 0.3 is 0 Å². The third-order valence-corrected chi connectivity index (χ3v) is 4.44. The number of nitrogens with one attached hydrogen (secondary N) is 2. The second-order valence-electron chi connectivity index (χ2n) is 5.87. The summed E-state index contributed by atoms with van der Waals surface area (Å²) in [6.45, 7) is 0.807. The third-order valence-electron chi connectivity index (χ3n) is 4.01. The number of hydrogen-bond donors (Lipinski definition) is 3. The lowest BCUT2D eigenvalue weighted by Crippen LogP contribution is -2.60. The molecule has 2 aromatic rings. The molecule has 1 aliphatic heterocycles. The normalized spacial score (nSPS) is 19.3. The monoisotopic (exact) mass is 371 g/mol. The summed E-state index contributed by atoms with van der Waals surface area (Å²) in [5, 5.41) is 15.8. The smallest absolute Gasteiger partial charge is 0.282 e. The van der Waals surface area contributed by atoms with Crippen LogP contribution >= 0.6 is 11.8 Å². The van der Waals surface area contributed by atoms with Gasteiger partial charge in [-0.05, 0) is 43.2 Å². The molecule has 0 spiro atoms. The number of para-hydroxylation sites is 1. The van der Waals surface area contributed by atoms with E-state index in [1.807, 2.05) is 48.5 Å². The minimum Gasteiger partial charge on any atom is -0.396 e. The quantitative estimate of drug-likeness (QED) is 0.378. The Morgan fingerprint density at radius 3 is 2.58 bits per heavy atom. The van der Waals surface area contributed by atoms with Crippen molar-refractivity contribution in [2.75, 3.05) is 18.5 Å². The molecule has 3 N–H and O–H groups in total. The summed E-state index contributed by atoms with van der Waals surface area (Å²) in [7, 11) is 0. The fourth-order valence-corrected chi connectivity index (χ4v) is 3.00. The SMILES string of the molecule is OCCCCNC1(Nc2ccccc2)N=CC=C(c2ccncc2)N1Cl. The van der Waals surface area contributed by atoms with Gasteiger partial charge in [0, 0.05) is 54.8 Å². The van der Waals surface area contributed by atoms with Crippen LogP contribution in [0.5, 0.6) is 0 Å². The number of nitrogens with zero attached hydrogens (tertiary/aromatic N) is 3. The lowest BCUT2D eigenvalue weighted by Gasteiger charge is -2.41. The lowest BCUT2D eigenvalue weighted by molar-refractivity contribution is 0.235. The second kappa shape index (κ2) is 8.80. The van der Waals surface area contributed by atoms with Crippen molar-refractivity contribution in [1.82, 2.24) is 14.7 Å².